The summed E-state index contributed by atoms with van der Waals surface area (Å²) in [5, 5.41) is 0. The van der Waals surface area contributed by atoms with Crippen molar-refractivity contribution < 1.29 is 27.4 Å². The topological polar surface area (TPSA) is 38.8 Å². The first kappa shape index (κ1) is 14.6. The molecule has 0 bridgehead atoms. The van der Waals surface area contributed by atoms with Crippen LogP contribution in [0.25, 0.3) is 0 Å². The summed E-state index contributed by atoms with van der Waals surface area (Å²) in [6, 6.07) is 5.28. The zero-order valence-corrected chi connectivity index (χ0v) is 10.8. The normalized spacial score (nSPS) is 16.9. The second-order valence-electron chi connectivity index (χ2n) is 4.48. The third kappa shape index (κ3) is 3.63. The SMILES string of the molecule is CC(Oc1ccc(F)cc1)C(=O)N1CC(OC(F)F)C1. The van der Waals surface area contributed by atoms with Crippen LogP contribution in [0.5, 0.6) is 5.75 Å². The number of alkyl halides is 2. The molecule has 1 aromatic carbocycles. The molecule has 110 valence electrons. The van der Waals surface area contributed by atoms with Gasteiger partial charge in [-0.25, -0.2) is 4.39 Å². The number of halogens is 3. The van der Waals surface area contributed by atoms with Crippen molar-refractivity contribution in [2.24, 2.45) is 0 Å². The molecule has 1 unspecified atom stereocenters. The van der Waals surface area contributed by atoms with Gasteiger partial charge in [-0.1, -0.05) is 0 Å². The van der Waals surface area contributed by atoms with Crippen molar-refractivity contribution in [1.82, 2.24) is 4.90 Å². The first-order chi connectivity index (χ1) is 9.45. The largest absolute Gasteiger partial charge is 0.481 e. The molecule has 1 atom stereocenters. The van der Waals surface area contributed by atoms with E-state index in [1.54, 1.807) is 6.92 Å². The van der Waals surface area contributed by atoms with Gasteiger partial charge < -0.3 is 14.4 Å². The summed E-state index contributed by atoms with van der Waals surface area (Å²) in [4.78, 5) is 13.3. The van der Waals surface area contributed by atoms with Crippen LogP contribution in [0, 0.1) is 5.82 Å². The summed E-state index contributed by atoms with van der Waals surface area (Å²) in [7, 11) is 0. The van der Waals surface area contributed by atoms with Crippen LogP contribution in [-0.2, 0) is 9.53 Å². The number of carbonyl (C=O) groups is 1. The molecule has 0 N–H and O–H groups in total. The van der Waals surface area contributed by atoms with Gasteiger partial charge in [0.15, 0.2) is 6.10 Å². The molecule has 2 rings (SSSR count). The smallest absolute Gasteiger partial charge is 0.345 e. The van der Waals surface area contributed by atoms with E-state index in [9.17, 15) is 18.0 Å². The molecule has 1 amide bonds. The predicted molar refractivity (Wildman–Crippen MR) is 63.9 cm³/mol. The van der Waals surface area contributed by atoms with Crippen LogP contribution < -0.4 is 4.74 Å². The van der Waals surface area contributed by atoms with Crippen molar-refractivity contribution in [3.05, 3.63) is 30.1 Å². The van der Waals surface area contributed by atoms with Crippen LogP contribution in [-0.4, -0.2) is 42.7 Å². The van der Waals surface area contributed by atoms with Crippen LogP contribution in [0.3, 0.4) is 0 Å². The minimum Gasteiger partial charge on any atom is -0.481 e. The molecule has 1 heterocycles. The van der Waals surface area contributed by atoms with E-state index in [0.29, 0.717) is 5.75 Å². The molecule has 1 aliphatic heterocycles. The lowest BCUT2D eigenvalue weighted by atomic mass is 10.1. The first-order valence-electron chi connectivity index (χ1n) is 6.10. The Morgan fingerprint density at radius 2 is 1.90 bits per heavy atom. The lowest BCUT2D eigenvalue weighted by molar-refractivity contribution is -0.200. The number of amides is 1. The highest BCUT2D eigenvalue weighted by Crippen LogP contribution is 2.18. The Bertz CT molecular complexity index is 460. The summed E-state index contributed by atoms with van der Waals surface area (Å²) in [6.07, 6.45) is -1.40. The fraction of sp³-hybridized carbons (Fsp3) is 0.462. The number of ether oxygens (including phenoxy) is 2. The van der Waals surface area contributed by atoms with E-state index in [2.05, 4.69) is 4.74 Å². The van der Waals surface area contributed by atoms with Crippen LogP contribution in [0.4, 0.5) is 13.2 Å². The van der Waals surface area contributed by atoms with Gasteiger partial charge in [0.05, 0.1) is 6.10 Å². The quantitative estimate of drug-likeness (QED) is 0.832. The Balaban J connectivity index is 1.80. The Kier molecular flexibility index (Phi) is 4.49. The summed E-state index contributed by atoms with van der Waals surface area (Å²) in [5.74, 6) is -0.345. The maximum Gasteiger partial charge on any atom is 0.345 e. The average molecular weight is 289 g/mol. The molecular formula is C13H14F3NO3. The minimum atomic E-state index is -2.83. The van der Waals surface area contributed by atoms with Gasteiger partial charge in [0.1, 0.15) is 11.6 Å². The number of nitrogens with zero attached hydrogens (tertiary/aromatic N) is 1. The second-order valence-corrected chi connectivity index (χ2v) is 4.48. The van der Waals surface area contributed by atoms with Crippen molar-refractivity contribution in [1.29, 1.82) is 0 Å². The molecule has 0 radical (unpaired) electrons. The number of hydrogen-bond donors (Lipinski definition) is 0. The van der Waals surface area contributed by atoms with Crippen molar-refractivity contribution in [3.8, 4) is 5.75 Å². The van der Waals surface area contributed by atoms with E-state index >= 15 is 0 Å². The summed E-state index contributed by atoms with van der Waals surface area (Å²) < 4.78 is 46.2. The van der Waals surface area contributed by atoms with Crippen molar-refractivity contribution >= 4 is 5.91 Å². The standard InChI is InChI=1S/C13H14F3NO3/c1-8(19-10-4-2-9(14)3-5-10)12(18)17-6-11(7-17)20-13(15)16/h2-5,8,11,13H,6-7H2,1H3. The highest BCUT2D eigenvalue weighted by atomic mass is 19.3. The first-order valence-corrected chi connectivity index (χ1v) is 6.10. The molecule has 4 nitrogen and oxygen atoms in total. The van der Waals surface area contributed by atoms with Gasteiger partial charge in [0.2, 0.25) is 0 Å². The van der Waals surface area contributed by atoms with Gasteiger partial charge >= 0.3 is 6.61 Å². The molecule has 1 aliphatic rings. The van der Waals surface area contributed by atoms with E-state index < -0.39 is 24.6 Å². The molecule has 0 aliphatic carbocycles. The van der Waals surface area contributed by atoms with E-state index in [1.807, 2.05) is 0 Å². The van der Waals surface area contributed by atoms with Crippen LogP contribution in [0.2, 0.25) is 0 Å². The fourth-order valence-electron chi connectivity index (χ4n) is 1.87. The minimum absolute atomic E-state index is 0.125. The molecule has 7 heteroatoms. The Morgan fingerprint density at radius 1 is 1.30 bits per heavy atom. The van der Waals surface area contributed by atoms with E-state index in [0.717, 1.165) is 0 Å². The zero-order chi connectivity index (χ0) is 14.7. The molecule has 1 aromatic rings. The van der Waals surface area contributed by atoms with Crippen molar-refractivity contribution in [2.45, 2.75) is 25.7 Å². The Hall–Kier alpha value is -1.76. The van der Waals surface area contributed by atoms with E-state index in [-0.39, 0.29) is 19.0 Å². The van der Waals surface area contributed by atoms with Gasteiger partial charge in [-0.15, -0.1) is 0 Å². The second kappa shape index (κ2) is 6.13. The molecule has 0 aromatic heterocycles. The van der Waals surface area contributed by atoms with Gasteiger partial charge in [-0.3, -0.25) is 4.79 Å². The lowest BCUT2D eigenvalue weighted by Gasteiger charge is -2.39. The number of likely N-dealkylation sites (tertiary alicyclic amines) is 1. The molecule has 20 heavy (non-hydrogen) atoms. The summed E-state index contributed by atoms with van der Waals surface area (Å²) in [5.41, 5.74) is 0. The molecule has 1 saturated heterocycles. The molecular weight excluding hydrogens is 275 g/mol. The van der Waals surface area contributed by atoms with E-state index in [4.69, 9.17) is 4.74 Å². The van der Waals surface area contributed by atoms with Gasteiger partial charge in [-0.2, -0.15) is 8.78 Å². The number of rotatable bonds is 5. The third-order valence-electron chi connectivity index (χ3n) is 2.93. The Morgan fingerprint density at radius 3 is 2.45 bits per heavy atom. The monoisotopic (exact) mass is 289 g/mol. The number of carbonyl (C=O) groups excluding carboxylic acids is 1. The van der Waals surface area contributed by atoms with E-state index in [1.165, 1.54) is 29.2 Å². The van der Waals surface area contributed by atoms with Crippen LogP contribution in [0.1, 0.15) is 6.92 Å². The summed E-state index contributed by atoms with van der Waals surface area (Å²) >= 11 is 0. The average Bonchev–Trinajstić information content (AvgIpc) is 2.35. The molecule has 0 spiro atoms. The third-order valence-corrected chi connectivity index (χ3v) is 2.93. The van der Waals surface area contributed by atoms with Crippen molar-refractivity contribution in [2.75, 3.05) is 13.1 Å². The zero-order valence-electron chi connectivity index (χ0n) is 10.8. The predicted octanol–water partition coefficient (Wildman–Crippen LogP) is 2.04. The van der Waals surface area contributed by atoms with Gasteiger partial charge in [-0.05, 0) is 31.2 Å². The van der Waals surface area contributed by atoms with Crippen molar-refractivity contribution in [3.63, 3.8) is 0 Å². The maximum atomic E-state index is 12.7. The molecule has 1 fully saturated rings. The Labute approximate surface area is 114 Å². The van der Waals surface area contributed by atoms with Gasteiger partial charge in [0, 0.05) is 13.1 Å². The summed E-state index contributed by atoms with van der Waals surface area (Å²) in [6.45, 7) is -1.03. The van der Waals surface area contributed by atoms with Crippen LogP contribution in [0.15, 0.2) is 24.3 Å². The van der Waals surface area contributed by atoms with Gasteiger partial charge in [0.25, 0.3) is 5.91 Å². The maximum absolute atomic E-state index is 12.7. The number of hydrogen-bond acceptors (Lipinski definition) is 3. The fourth-order valence-corrected chi connectivity index (χ4v) is 1.87. The number of benzene rings is 1. The lowest BCUT2D eigenvalue weighted by Crippen LogP contribution is -2.58. The van der Waals surface area contributed by atoms with Crippen LogP contribution >= 0.6 is 0 Å². The highest BCUT2D eigenvalue weighted by molar-refractivity contribution is 5.81. The highest BCUT2D eigenvalue weighted by Gasteiger charge is 2.35. The molecule has 0 saturated carbocycles.